The number of hydrogen-bond donors (Lipinski definition) is 1. The fourth-order valence-corrected chi connectivity index (χ4v) is 1.99. The van der Waals surface area contributed by atoms with Gasteiger partial charge < -0.3 is 5.32 Å². The Morgan fingerprint density at radius 2 is 1.64 bits per heavy atom. The van der Waals surface area contributed by atoms with Crippen molar-refractivity contribution in [2.75, 3.05) is 0 Å². The van der Waals surface area contributed by atoms with E-state index in [1.54, 1.807) is 0 Å². The van der Waals surface area contributed by atoms with Crippen LogP contribution in [0.25, 0.3) is 0 Å². The molecular formula is C12H23NO. The molecular weight excluding hydrogens is 174 g/mol. The average molecular weight is 197 g/mol. The van der Waals surface area contributed by atoms with E-state index in [0.717, 1.165) is 18.8 Å². The molecule has 1 aliphatic rings. The Balaban J connectivity index is 2.38. The predicted octanol–water partition coefficient (Wildman–Crippen LogP) is 2.73. The summed E-state index contributed by atoms with van der Waals surface area (Å²) in [6, 6.07) is 0. The Kier molecular flexibility index (Phi) is 3.57. The van der Waals surface area contributed by atoms with Gasteiger partial charge in [0.15, 0.2) is 0 Å². The number of rotatable bonds is 1. The van der Waals surface area contributed by atoms with Crippen LogP contribution in [-0.4, -0.2) is 11.4 Å². The average Bonchev–Trinajstić information content (AvgIpc) is 2.02. The summed E-state index contributed by atoms with van der Waals surface area (Å²) in [5, 5.41) is 3.06. The standard InChI is InChI=1S/C12H23NO/c1-9-5-7-10(8-6-9)11(14)13-12(2,3)4/h9-10H,5-8H2,1-4H3,(H,13,14). The van der Waals surface area contributed by atoms with Crippen molar-refractivity contribution in [3.8, 4) is 0 Å². The van der Waals surface area contributed by atoms with Crippen LogP contribution in [0.3, 0.4) is 0 Å². The molecule has 0 unspecified atom stereocenters. The first kappa shape index (κ1) is 11.5. The predicted molar refractivity (Wildman–Crippen MR) is 59.0 cm³/mol. The van der Waals surface area contributed by atoms with Crippen LogP contribution in [0.5, 0.6) is 0 Å². The van der Waals surface area contributed by atoms with Crippen molar-refractivity contribution in [2.24, 2.45) is 11.8 Å². The maximum atomic E-state index is 11.8. The highest BCUT2D eigenvalue weighted by molar-refractivity contribution is 5.79. The van der Waals surface area contributed by atoms with Gasteiger partial charge in [0.05, 0.1) is 0 Å². The van der Waals surface area contributed by atoms with Crippen molar-refractivity contribution in [2.45, 2.75) is 58.9 Å². The van der Waals surface area contributed by atoms with Crippen LogP contribution >= 0.6 is 0 Å². The Morgan fingerprint density at radius 3 is 2.07 bits per heavy atom. The van der Waals surface area contributed by atoms with E-state index in [1.165, 1.54) is 12.8 Å². The van der Waals surface area contributed by atoms with E-state index in [-0.39, 0.29) is 17.4 Å². The second kappa shape index (κ2) is 4.33. The molecule has 1 saturated carbocycles. The van der Waals surface area contributed by atoms with Gasteiger partial charge in [-0.2, -0.15) is 0 Å². The van der Waals surface area contributed by atoms with Crippen molar-refractivity contribution in [3.63, 3.8) is 0 Å². The Bertz CT molecular complexity index is 197. The van der Waals surface area contributed by atoms with E-state index in [4.69, 9.17) is 0 Å². The lowest BCUT2D eigenvalue weighted by Crippen LogP contribution is -2.44. The Labute approximate surface area is 87.5 Å². The zero-order valence-electron chi connectivity index (χ0n) is 9.89. The summed E-state index contributed by atoms with van der Waals surface area (Å²) >= 11 is 0. The van der Waals surface area contributed by atoms with Gasteiger partial charge in [-0.05, 0) is 52.4 Å². The number of amides is 1. The lowest BCUT2D eigenvalue weighted by atomic mass is 9.82. The minimum Gasteiger partial charge on any atom is -0.351 e. The summed E-state index contributed by atoms with van der Waals surface area (Å²) in [5.74, 6) is 1.34. The van der Waals surface area contributed by atoms with Gasteiger partial charge in [0.2, 0.25) is 5.91 Å². The monoisotopic (exact) mass is 197 g/mol. The molecule has 0 aliphatic heterocycles. The third-order valence-electron chi connectivity index (χ3n) is 2.88. The molecule has 1 amide bonds. The molecule has 0 heterocycles. The van der Waals surface area contributed by atoms with Gasteiger partial charge >= 0.3 is 0 Å². The van der Waals surface area contributed by atoms with Crippen molar-refractivity contribution in [1.82, 2.24) is 5.32 Å². The summed E-state index contributed by atoms with van der Waals surface area (Å²) in [6.45, 7) is 8.39. The normalized spacial score (nSPS) is 28.6. The zero-order valence-corrected chi connectivity index (χ0v) is 9.89. The highest BCUT2D eigenvalue weighted by Gasteiger charge is 2.26. The second-order valence-corrected chi connectivity index (χ2v) is 5.70. The van der Waals surface area contributed by atoms with Gasteiger partial charge in [0, 0.05) is 11.5 Å². The van der Waals surface area contributed by atoms with Gasteiger partial charge in [-0.15, -0.1) is 0 Å². The van der Waals surface area contributed by atoms with Crippen LogP contribution in [0, 0.1) is 11.8 Å². The van der Waals surface area contributed by atoms with Gasteiger partial charge in [0.25, 0.3) is 0 Å². The first-order valence-electron chi connectivity index (χ1n) is 5.70. The van der Waals surface area contributed by atoms with E-state index in [2.05, 4.69) is 12.2 Å². The summed E-state index contributed by atoms with van der Waals surface area (Å²) in [4.78, 5) is 11.8. The quantitative estimate of drug-likeness (QED) is 0.688. The lowest BCUT2D eigenvalue weighted by molar-refractivity contribution is -0.127. The number of hydrogen-bond acceptors (Lipinski definition) is 1. The fraction of sp³-hybridized carbons (Fsp3) is 0.917. The third-order valence-corrected chi connectivity index (χ3v) is 2.88. The van der Waals surface area contributed by atoms with Crippen molar-refractivity contribution < 1.29 is 4.79 Å². The molecule has 14 heavy (non-hydrogen) atoms. The van der Waals surface area contributed by atoms with Crippen molar-refractivity contribution in [3.05, 3.63) is 0 Å². The van der Waals surface area contributed by atoms with E-state index < -0.39 is 0 Å². The van der Waals surface area contributed by atoms with Crippen LogP contribution in [0.4, 0.5) is 0 Å². The van der Waals surface area contributed by atoms with Gasteiger partial charge in [0.1, 0.15) is 0 Å². The van der Waals surface area contributed by atoms with Gasteiger partial charge in [-0.25, -0.2) is 0 Å². The molecule has 0 bridgehead atoms. The molecule has 1 N–H and O–H groups in total. The smallest absolute Gasteiger partial charge is 0.223 e. The summed E-state index contributed by atoms with van der Waals surface area (Å²) in [6.07, 6.45) is 4.57. The minimum absolute atomic E-state index is 0.0832. The highest BCUT2D eigenvalue weighted by atomic mass is 16.2. The summed E-state index contributed by atoms with van der Waals surface area (Å²) < 4.78 is 0. The summed E-state index contributed by atoms with van der Waals surface area (Å²) in [5.41, 5.74) is -0.0832. The number of nitrogens with one attached hydrogen (secondary N) is 1. The number of carbonyl (C=O) groups excluding carboxylic acids is 1. The molecule has 82 valence electrons. The molecule has 0 aromatic carbocycles. The minimum atomic E-state index is -0.0832. The van der Waals surface area contributed by atoms with Crippen molar-refractivity contribution in [1.29, 1.82) is 0 Å². The number of carbonyl (C=O) groups is 1. The topological polar surface area (TPSA) is 29.1 Å². The maximum Gasteiger partial charge on any atom is 0.223 e. The van der Waals surface area contributed by atoms with Crippen LogP contribution in [0.15, 0.2) is 0 Å². The second-order valence-electron chi connectivity index (χ2n) is 5.70. The molecule has 0 aromatic rings. The lowest BCUT2D eigenvalue weighted by Gasteiger charge is -2.29. The van der Waals surface area contributed by atoms with Crippen LogP contribution < -0.4 is 5.32 Å². The third kappa shape index (κ3) is 3.69. The largest absolute Gasteiger partial charge is 0.351 e. The van der Waals surface area contributed by atoms with E-state index in [0.29, 0.717) is 0 Å². The Hall–Kier alpha value is -0.530. The maximum absolute atomic E-state index is 11.8. The molecule has 0 saturated heterocycles. The van der Waals surface area contributed by atoms with Crippen LogP contribution in [-0.2, 0) is 4.79 Å². The van der Waals surface area contributed by atoms with E-state index >= 15 is 0 Å². The Morgan fingerprint density at radius 1 is 1.14 bits per heavy atom. The van der Waals surface area contributed by atoms with Crippen LogP contribution in [0.2, 0.25) is 0 Å². The SMILES string of the molecule is CC1CCC(C(=O)NC(C)(C)C)CC1. The molecule has 2 nitrogen and oxygen atoms in total. The molecule has 1 fully saturated rings. The van der Waals surface area contributed by atoms with Crippen molar-refractivity contribution >= 4 is 5.91 Å². The molecule has 0 spiro atoms. The molecule has 0 atom stereocenters. The summed E-state index contributed by atoms with van der Waals surface area (Å²) in [7, 11) is 0. The van der Waals surface area contributed by atoms with Crippen LogP contribution in [0.1, 0.15) is 53.4 Å². The van der Waals surface area contributed by atoms with E-state index in [1.807, 2.05) is 20.8 Å². The zero-order chi connectivity index (χ0) is 10.8. The van der Waals surface area contributed by atoms with Gasteiger partial charge in [-0.3, -0.25) is 4.79 Å². The molecule has 2 heteroatoms. The van der Waals surface area contributed by atoms with E-state index in [9.17, 15) is 4.79 Å². The first-order valence-corrected chi connectivity index (χ1v) is 5.70. The highest BCUT2D eigenvalue weighted by Crippen LogP contribution is 2.28. The molecule has 0 aromatic heterocycles. The molecule has 0 radical (unpaired) electrons. The fourth-order valence-electron chi connectivity index (χ4n) is 1.99. The van der Waals surface area contributed by atoms with Gasteiger partial charge in [-0.1, -0.05) is 6.92 Å². The first-order chi connectivity index (χ1) is 6.38. The molecule has 1 rings (SSSR count). The molecule has 1 aliphatic carbocycles.